The van der Waals surface area contributed by atoms with E-state index in [0.29, 0.717) is 12.8 Å². The fourth-order valence-corrected chi connectivity index (χ4v) is 4.71. The van der Waals surface area contributed by atoms with Gasteiger partial charge in [0.25, 0.3) is 0 Å². The van der Waals surface area contributed by atoms with Crippen molar-refractivity contribution in [3.63, 3.8) is 0 Å². The van der Waals surface area contributed by atoms with Crippen molar-refractivity contribution < 1.29 is 18.0 Å². The molecule has 0 saturated carbocycles. The van der Waals surface area contributed by atoms with Crippen LogP contribution in [0.5, 0.6) is 0 Å². The first kappa shape index (κ1) is 20.5. The number of nitrogens with zero attached hydrogens (tertiary/aromatic N) is 2. The van der Waals surface area contributed by atoms with Gasteiger partial charge in [0.05, 0.1) is 27.4 Å². The van der Waals surface area contributed by atoms with Gasteiger partial charge < -0.3 is 11.1 Å². The van der Waals surface area contributed by atoms with E-state index in [2.05, 4.69) is 5.32 Å². The maximum absolute atomic E-state index is 12.9. The van der Waals surface area contributed by atoms with E-state index in [-0.39, 0.29) is 27.9 Å². The lowest BCUT2D eigenvalue weighted by Gasteiger charge is -2.24. The van der Waals surface area contributed by atoms with E-state index in [9.17, 15) is 18.0 Å². The summed E-state index contributed by atoms with van der Waals surface area (Å²) in [7, 11) is -3.98. The second-order valence-corrected chi connectivity index (χ2v) is 8.42. The van der Waals surface area contributed by atoms with Crippen LogP contribution in [0.15, 0.2) is 23.1 Å². The highest BCUT2D eigenvalue weighted by Crippen LogP contribution is 2.30. The van der Waals surface area contributed by atoms with Crippen LogP contribution in [0.3, 0.4) is 0 Å². The van der Waals surface area contributed by atoms with Gasteiger partial charge in [0, 0.05) is 6.54 Å². The molecule has 2 amide bonds. The fourth-order valence-electron chi connectivity index (χ4n) is 2.66. The number of hydrogen-bond acceptors (Lipinski definition) is 5. The van der Waals surface area contributed by atoms with Crippen molar-refractivity contribution >= 4 is 45.0 Å². The number of carbonyl (C=O) groups excluding carboxylic acids is 2. The summed E-state index contributed by atoms with van der Waals surface area (Å²) in [6.45, 7) is 0.147. The van der Waals surface area contributed by atoms with Crippen molar-refractivity contribution in [2.75, 3.05) is 6.54 Å². The van der Waals surface area contributed by atoms with Gasteiger partial charge in [-0.1, -0.05) is 23.2 Å². The molecule has 1 fully saturated rings. The molecule has 1 saturated heterocycles. The lowest BCUT2D eigenvalue weighted by atomic mass is 10.1. The Hall–Kier alpha value is -1.86. The van der Waals surface area contributed by atoms with Crippen LogP contribution in [-0.2, 0) is 19.6 Å². The highest BCUT2D eigenvalue weighted by atomic mass is 35.5. The summed E-state index contributed by atoms with van der Waals surface area (Å²) in [4.78, 5) is 23.3. The van der Waals surface area contributed by atoms with Gasteiger partial charge in [0.2, 0.25) is 21.8 Å². The Labute approximate surface area is 160 Å². The van der Waals surface area contributed by atoms with Gasteiger partial charge in [-0.2, -0.15) is 9.57 Å². The number of rotatable bonds is 6. The molecular formula is C15H16Cl2N4O4S. The monoisotopic (exact) mass is 418 g/mol. The Morgan fingerprint density at radius 2 is 2.08 bits per heavy atom. The lowest BCUT2D eigenvalue weighted by molar-refractivity contribution is -0.125. The topological polar surface area (TPSA) is 133 Å². The van der Waals surface area contributed by atoms with E-state index >= 15 is 0 Å². The lowest BCUT2D eigenvalue weighted by Crippen LogP contribution is -2.49. The van der Waals surface area contributed by atoms with Gasteiger partial charge in [-0.25, -0.2) is 8.42 Å². The predicted molar refractivity (Wildman–Crippen MR) is 94.7 cm³/mol. The van der Waals surface area contributed by atoms with Crippen molar-refractivity contribution in [3.05, 3.63) is 28.2 Å². The minimum atomic E-state index is -3.98. The zero-order valence-electron chi connectivity index (χ0n) is 13.5. The zero-order valence-corrected chi connectivity index (χ0v) is 15.8. The van der Waals surface area contributed by atoms with E-state index in [1.54, 1.807) is 6.07 Å². The number of nitrogens with one attached hydrogen (secondary N) is 1. The number of carbonyl (C=O) groups is 2. The van der Waals surface area contributed by atoms with E-state index in [1.807, 2.05) is 0 Å². The summed E-state index contributed by atoms with van der Waals surface area (Å²) in [5.74, 6) is -1.40. The zero-order chi connectivity index (χ0) is 19.5. The largest absolute Gasteiger partial charge is 0.370 e. The van der Waals surface area contributed by atoms with E-state index in [4.69, 9.17) is 34.2 Å². The summed E-state index contributed by atoms with van der Waals surface area (Å²) in [6, 6.07) is 3.54. The van der Waals surface area contributed by atoms with Crippen molar-refractivity contribution in [2.45, 2.75) is 36.2 Å². The summed E-state index contributed by atoms with van der Waals surface area (Å²) in [5.41, 5.74) is 5.03. The fraction of sp³-hybridized carbons (Fsp3) is 0.400. The Morgan fingerprint density at radius 3 is 2.65 bits per heavy atom. The van der Waals surface area contributed by atoms with Crippen LogP contribution in [0, 0.1) is 11.3 Å². The molecular weight excluding hydrogens is 403 g/mol. The molecule has 1 heterocycles. The van der Waals surface area contributed by atoms with Crippen LogP contribution < -0.4 is 11.1 Å². The predicted octanol–water partition coefficient (Wildman–Crippen LogP) is 1.03. The van der Waals surface area contributed by atoms with Crippen molar-refractivity contribution in [3.8, 4) is 6.07 Å². The summed E-state index contributed by atoms with van der Waals surface area (Å²) in [6.07, 6.45) is 0.418. The summed E-state index contributed by atoms with van der Waals surface area (Å²) >= 11 is 11.7. The molecule has 1 aliphatic rings. The number of amides is 2. The molecule has 0 spiro atoms. The SMILES string of the molecule is N#C[C@H](CC(N)=O)NC(=O)[C@@H]1CCCN1S(=O)(=O)c1ccc(Cl)c(Cl)c1. The maximum Gasteiger partial charge on any atom is 0.243 e. The molecule has 0 unspecified atom stereocenters. The van der Waals surface area contributed by atoms with E-state index < -0.39 is 33.9 Å². The van der Waals surface area contributed by atoms with Crippen LogP contribution in [0.1, 0.15) is 19.3 Å². The molecule has 11 heteroatoms. The van der Waals surface area contributed by atoms with Crippen LogP contribution in [0.4, 0.5) is 0 Å². The minimum Gasteiger partial charge on any atom is -0.370 e. The highest BCUT2D eigenvalue weighted by molar-refractivity contribution is 7.89. The highest BCUT2D eigenvalue weighted by Gasteiger charge is 2.40. The first-order valence-corrected chi connectivity index (χ1v) is 9.81. The number of sulfonamides is 1. The Morgan fingerprint density at radius 1 is 1.38 bits per heavy atom. The third-order valence-corrected chi connectivity index (χ3v) is 6.52. The van der Waals surface area contributed by atoms with Gasteiger partial charge >= 0.3 is 0 Å². The van der Waals surface area contributed by atoms with Crippen molar-refractivity contribution in [1.29, 1.82) is 5.26 Å². The molecule has 2 atom stereocenters. The molecule has 140 valence electrons. The third-order valence-electron chi connectivity index (χ3n) is 3.88. The normalized spacial score (nSPS) is 18.9. The van der Waals surface area contributed by atoms with Crippen LogP contribution in [-0.4, -0.2) is 43.2 Å². The quantitative estimate of drug-likeness (QED) is 0.711. The number of nitriles is 1. The molecule has 26 heavy (non-hydrogen) atoms. The van der Waals surface area contributed by atoms with Crippen LogP contribution in [0.25, 0.3) is 0 Å². The van der Waals surface area contributed by atoms with Gasteiger partial charge in [-0.15, -0.1) is 0 Å². The van der Waals surface area contributed by atoms with Crippen molar-refractivity contribution in [1.82, 2.24) is 9.62 Å². The van der Waals surface area contributed by atoms with Gasteiger partial charge in [-0.05, 0) is 31.0 Å². The molecule has 1 aliphatic heterocycles. The number of benzene rings is 1. The second-order valence-electron chi connectivity index (χ2n) is 5.71. The van der Waals surface area contributed by atoms with Crippen molar-refractivity contribution in [2.24, 2.45) is 5.73 Å². The number of hydrogen-bond donors (Lipinski definition) is 2. The van der Waals surface area contributed by atoms with Gasteiger partial charge in [0.1, 0.15) is 12.1 Å². The molecule has 0 bridgehead atoms. The molecule has 0 aliphatic carbocycles. The summed E-state index contributed by atoms with van der Waals surface area (Å²) < 4.78 is 26.8. The summed E-state index contributed by atoms with van der Waals surface area (Å²) in [5, 5.41) is 11.7. The second kappa shape index (κ2) is 8.22. The minimum absolute atomic E-state index is 0.0824. The van der Waals surface area contributed by atoms with E-state index in [0.717, 1.165) is 4.31 Å². The average Bonchev–Trinajstić information content (AvgIpc) is 3.06. The Bertz CT molecular complexity index is 869. The van der Waals surface area contributed by atoms with Gasteiger partial charge in [-0.3, -0.25) is 9.59 Å². The molecule has 0 radical (unpaired) electrons. The maximum atomic E-state index is 12.9. The average molecular weight is 419 g/mol. The third kappa shape index (κ3) is 4.45. The molecule has 1 aromatic rings. The molecule has 2 rings (SSSR count). The smallest absolute Gasteiger partial charge is 0.243 e. The van der Waals surface area contributed by atoms with Crippen LogP contribution >= 0.6 is 23.2 Å². The first-order valence-electron chi connectivity index (χ1n) is 7.62. The molecule has 3 N–H and O–H groups in total. The van der Waals surface area contributed by atoms with E-state index in [1.165, 1.54) is 18.2 Å². The van der Waals surface area contributed by atoms with Crippen LogP contribution in [0.2, 0.25) is 10.0 Å². The standard InChI is InChI=1S/C15H16Cl2N4O4S/c16-11-4-3-10(7-12(11)17)26(24,25)21-5-1-2-13(21)15(23)20-9(8-18)6-14(19)22/h3-4,7,9,13H,1-2,5-6H2,(H2,19,22)(H,20,23)/t9-,13-/m0/s1. The first-order chi connectivity index (χ1) is 12.2. The number of primary amides is 1. The Kier molecular flexibility index (Phi) is 6.47. The molecule has 8 nitrogen and oxygen atoms in total. The number of halogens is 2. The Balaban J connectivity index is 2.23. The molecule has 1 aromatic carbocycles. The van der Waals surface area contributed by atoms with Gasteiger partial charge in [0.15, 0.2) is 0 Å². The number of nitrogens with two attached hydrogens (primary N) is 1. The molecule has 0 aromatic heterocycles.